The van der Waals surface area contributed by atoms with E-state index in [0.29, 0.717) is 38.3 Å². The van der Waals surface area contributed by atoms with Gasteiger partial charge in [-0.25, -0.2) is 0 Å². The lowest BCUT2D eigenvalue weighted by Crippen LogP contribution is -2.37. The fourth-order valence-corrected chi connectivity index (χ4v) is 4.33. The molecule has 2 aliphatic rings. The smallest absolute Gasteiger partial charge is 0.231 e. The summed E-state index contributed by atoms with van der Waals surface area (Å²) in [7, 11) is 0. The Kier molecular flexibility index (Phi) is 5.98. The van der Waals surface area contributed by atoms with Gasteiger partial charge in [0.2, 0.25) is 11.8 Å². The molecule has 6 heteroatoms. The fourth-order valence-electron chi connectivity index (χ4n) is 4.33. The zero-order valence-electron chi connectivity index (χ0n) is 18.3. The molecule has 0 saturated heterocycles. The van der Waals surface area contributed by atoms with E-state index in [1.54, 1.807) is 0 Å². The first-order chi connectivity index (χ1) is 16.2. The molecule has 2 aliphatic heterocycles. The number of para-hydroxylation sites is 2. The van der Waals surface area contributed by atoms with Crippen LogP contribution in [0.1, 0.15) is 16.7 Å². The Balaban J connectivity index is 1.15. The topological polar surface area (TPSA) is 76.7 Å². The molecule has 6 nitrogen and oxygen atoms in total. The molecule has 5 rings (SSSR count). The molecule has 0 saturated carbocycles. The van der Waals surface area contributed by atoms with E-state index < -0.39 is 0 Å². The van der Waals surface area contributed by atoms with Crippen molar-refractivity contribution in [1.82, 2.24) is 5.32 Å². The first-order valence-electron chi connectivity index (χ1n) is 11.2. The largest absolute Gasteiger partial charge is 0.492 e. The summed E-state index contributed by atoms with van der Waals surface area (Å²) >= 11 is 0. The number of anilines is 1. The first kappa shape index (κ1) is 21.1. The molecule has 33 heavy (non-hydrogen) atoms. The number of carbonyl (C=O) groups is 2. The Morgan fingerprint density at radius 2 is 1.36 bits per heavy atom. The third kappa shape index (κ3) is 4.85. The number of benzene rings is 3. The second-order valence-corrected chi connectivity index (χ2v) is 8.55. The Hall–Kier alpha value is -3.80. The van der Waals surface area contributed by atoms with Gasteiger partial charge in [-0.05, 0) is 53.8 Å². The Bertz CT molecular complexity index is 1180. The second-order valence-electron chi connectivity index (χ2n) is 8.55. The predicted molar refractivity (Wildman–Crippen MR) is 125 cm³/mol. The zero-order valence-corrected chi connectivity index (χ0v) is 18.3. The molecule has 0 fully saturated rings. The van der Waals surface area contributed by atoms with Crippen molar-refractivity contribution in [2.75, 3.05) is 18.5 Å². The molecule has 2 amide bonds. The van der Waals surface area contributed by atoms with Gasteiger partial charge in [-0.2, -0.15) is 0 Å². The van der Waals surface area contributed by atoms with Crippen molar-refractivity contribution in [3.05, 3.63) is 89.5 Å². The Morgan fingerprint density at radius 1 is 0.758 bits per heavy atom. The van der Waals surface area contributed by atoms with Crippen LogP contribution in [0.4, 0.5) is 5.69 Å². The van der Waals surface area contributed by atoms with Crippen molar-refractivity contribution in [3.8, 4) is 11.5 Å². The number of hydrogen-bond donors (Lipinski definition) is 2. The van der Waals surface area contributed by atoms with Crippen LogP contribution < -0.4 is 20.1 Å². The number of fused-ring (bicyclic) bond motifs is 2. The normalized spacial score (nSPS) is 18.7. The maximum atomic E-state index is 12.8. The quantitative estimate of drug-likeness (QED) is 0.631. The van der Waals surface area contributed by atoms with Crippen LogP contribution >= 0.6 is 0 Å². The van der Waals surface area contributed by atoms with Crippen LogP contribution in [0.25, 0.3) is 0 Å². The summed E-state index contributed by atoms with van der Waals surface area (Å²) in [6.45, 7) is 1.14. The minimum absolute atomic E-state index is 0.0306. The SMILES string of the molecule is O=C(NCc1cccc(NC(=O)C2COc3ccccc3C2)c1)C1COc2ccccc2C1. The van der Waals surface area contributed by atoms with E-state index in [0.717, 1.165) is 28.2 Å². The monoisotopic (exact) mass is 442 g/mol. The van der Waals surface area contributed by atoms with Crippen LogP contribution in [0.3, 0.4) is 0 Å². The molecule has 3 aromatic carbocycles. The highest BCUT2D eigenvalue weighted by Gasteiger charge is 2.27. The minimum Gasteiger partial charge on any atom is -0.492 e. The van der Waals surface area contributed by atoms with Gasteiger partial charge in [0.1, 0.15) is 24.7 Å². The maximum Gasteiger partial charge on any atom is 0.231 e. The molecule has 0 aliphatic carbocycles. The van der Waals surface area contributed by atoms with E-state index in [4.69, 9.17) is 9.47 Å². The maximum absolute atomic E-state index is 12.8. The van der Waals surface area contributed by atoms with Gasteiger partial charge in [0.15, 0.2) is 0 Å². The predicted octanol–water partition coefficient (Wildman–Crippen LogP) is 3.74. The van der Waals surface area contributed by atoms with Gasteiger partial charge < -0.3 is 20.1 Å². The third-order valence-corrected chi connectivity index (χ3v) is 6.16. The summed E-state index contributed by atoms with van der Waals surface area (Å²) in [4.78, 5) is 25.5. The third-order valence-electron chi connectivity index (χ3n) is 6.16. The van der Waals surface area contributed by atoms with Crippen molar-refractivity contribution in [2.45, 2.75) is 19.4 Å². The second kappa shape index (κ2) is 9.36. The lowest BCUT2D eigenvalue weighted by atomic mass is 9.96. The van der Waals surface area contributed by atoms with Gasteiger partial charge in [0.25, 0.3) is 0 Å². The summed E-state index contributed by atoms with van der Waals surface area (Å²) in [6.07, 6.45) is 1.33. The van der Waals surface area contributed by atoms with Crippen molar-refractivity contribution in [2.24, 2.45) is 11.8 Å². The van der Waals surface area contributed by atoms with Crippen LogP contribution in [0.2, 0.25) is 0 Å². The summed E-state index contributed by atoms with van der Waals surface area (Å²) in [5.74, 6) is 1.16. The van der Waals surface area contributed by atoms with Crippen LogP contribution in [0, 0.1) is 11.8 Å². The van der Waals surface area contributed by atoms with E-state index in [-0.39, 0.29) is 23.7 Å². The molecule has 2 N–H and O–H groups in total. The lowest BCUT2D eigenvalue weighted by Gasteiger charge is -2.25. The molecule has 2 atom stereocenters. The standard InChI is InChI=1S/C27H26N2O4/c30-26(21-13-19-7-1-3-10-24(19)32-16-21)28-15-18-6-5-9-23(12-18)29-27(31)22-14-20-8-2-4-11-25(20)33-17-22/h1-12,21-22H,13-17H2,(H,28,30)(H,29,31). The molecular weight excluding hydrogens is 416 g/mol. The summed E-state index contributed by atoms with van der Waals surface area (Å²) in [5, 5.41) is 6.00. The number of carbonyl (C=O) groups excluding carboxylic acids is 2. The van der Waals surface area contributed by atoms with Crippen LogP contribution in [0.15, 0.2) is 72.8 Å². The van der Waals surface area contributed by atoms with E-state index in [2.05, 4.69) is 10.6 Å². The Morgan fingerprint density at radius 3 is 2.03 bits per heavy atom. The minimum atomic E-state index is -0.238. The molecule has 2 unspecified atom stereocenters. The van der Waals surface area contributed by atoms with E-state index in [1.807, 2.05) is 72.8 Å². The molecule has 0 spiro atoms. The summed E-state index contributed by atoms with van der Waals surface area (Å²) < 4.78 is 11.5. The first-order valence-corrected chi connectivity index (χ1v) is 11.2. The number of amides is 2. The van der Waals surface area contributed by atoms with E-state index >= 15 is 0 Å². The highest BCUT2D eigenvalue weighted by molar-refractivity contribution is 5.93. The lowest BCUT2D eigenvalue weighted by molar-refractivity contribution is -0.126. The van der Waals surface area contributed by atoms with E-state index in [9.17, 15) is 9.59 Å². The number of hydrogen-bond acceptors (Lipinski definition) is 4. The number of ether oxygens (including phenoxy) is 2. The van der Waals surface area contributed by atoms with Gasteiger partial charge >= 0.3 is 0 Å². The fraction of sp³-hybridized carbons (Fsp3) is 0.259. The molecule has 0 bridgehead atoms. The van der Waals surface area contributed by atoms with Crippen LogP contribution in [-0.2, 0) is 29.0 Å². The van der Waals surface area contributed by atoms with Crippen LogP contribution in [-0.4, -0.2) is 25.0 Å². The van der Waals surface area contributed by atoms with Gasteiger partial charge in [-0.1, -0.05) is 48.5 Å². The molecular formula is C27H26N2O4. The zero-order chi connectivity index (χ0) is 22.6. The molecule has 2 heterocycles. The summed E-state index contributed by atoms with van der Waals surface area (Å²) in [5.41, 5.74) is 3.74. The van der Waals surface area contributed by atoms with Gasteiger partial charge in [0.05, 0.1) is 11.8 Å². The van der Waals surface area contributed by atoms with Crippen molar-refractivity contribution < 1.29 is 19.1 Å². The van der Waals surface area contributed by atoms with E-state index in [1.165, 1.54) is 0 Å². The molecule has 3 aromatic rings. The van der Waals surface area contributed by atoms with Crippen LogP contribution in [0.5, 0.6) is 11.5 Å². The Labute approximate surface area is 192 Å². The highest BCUT2D eigenvalue weighted by Crippen LogP contribution is 2.28. The average Bonchev–Trinajstić information content (AvgIpc) is 2.87. The van der Waals surface area contributed by atoms with Crippen molar-refractivity contribution >= 4 is 17.5 Å². The highest BCUT2D eigenvalue weighted by atomic mass is 16.5. The van der Waals surface area contributed by atoms with Crippen molar-refractivity contribution in [3.63, 3.8) is 0 Å². The van der Waals surface area contributed by atoms with Gasteiger partial charge in [0, 0.05) is 12.2 Å². The summed E-state index contributed by atoms with van der Waals surface area (Å²) in [6, 6.07) is 23.2. The molecule has 168 valence electrons. The molecule has 0 radical (unpaired) electrons. The number of nitrogens with one attached hydrogen (secondary N) is 2. The average molecular weight is 443 g/mol. The van der Waals surface area contributed by atoms with Gasteiger partial charge in [-0.15, -0.1) is 0 Å². The van der Waals surface area contributed by atoms with Gasteiger partial charge in [-0.3, -0.25) is 9.59 Å². The molecule has 0 aromatic heterocycles. The number of rotatable bonds is 5. The van der Waals surface area contributed by atoms with Crippen molar-refractivity contribution in [1.29, 1.82) is 0 Å².